The molecule has 2 aromatic carbocycles. The maximum Gasteiger partial charge on any atom is 0.224 e. The number of benzene rings is 2. The fourth-order valence-corrected chi connectivity index (χ4v) is 2.95. The Kier molecular flexibility index (Phi) is 6.62. The van der Waals surface area contributed by atoms with Crippen molar-refractivity contribution in [2.45, 2.75) is 19.4 Å². The quantitative estimate of drug-likeness (QED) is 0.631. The minimum atomic E-state index is -0.292. The number of aromatic nitrogens is 1. The summed E-state index contributed by atoms with van der Waals surface area (Å²) < 4.78 is 0. The fraction of sp³-hybridized carbons (Fsp3) is 0.250. The highest BCUT2D eigenvalue weighted by atomic mass is 35.5. The molecule has 0 spiro atoms. The normalized spacial score (nSPS) is 13.0. The van der Waals surface area contributed by atoms with Crippen molar-refractivity contribution in [3.05, 3.63) is 71.9 Å². The van der Waals surface area contributed by atoms with Crippen LogP contribution < -0.4 is 11.1 Å². The molecule has 0 aliphatic rings. The highest BCUT2D eigenvalue weighted by molar-refractivity contribution is 5.85. The summed E-state index contributed by atoms with van der Waals surface area (Å²) in [6.45, 7) is 2.48. The van der Waals surface area contributed by atoms with Gasteiger partial charge in [-0.3, -0.25) is 4.79 Å². The number of aromatic amines is 1. The summed E-state index contributed by atoms with van der Waals surface area (Å²) in [7, 11) is 0. The van der Waals surface area contributed by atoms with Gasteiger partial charge in [0, 0.05) is 29.7 Å². The van der Waals surface area contributed by atoms with E-state index < -0.39 is 0 Å². The van der Waals surface area contributed by atoms with Crippen LogP contribution in [0, 0.1) is 5.92 Å². The van der Waals surface area contributed by atoms with E-state index >= 15 is 0 Å². The maximum absolute atomic E-state index is 12.4. The molecule has 0 aliphatic carbocycles. The first-order chi connectivity index (χ1) is 11.7. The molecule has 1 heterocycles. The van der Waals surface area contributed by atoms with Gasteiger partial charge in [0.2, 0.25) is 5.91 Å². The van der Waals surface area contributed by atoms with Gasteiger partial charge < -0.3 is 16.0 Å². The van der Waals surface area contributed by atoms with Crippen LogP contribution in [0.3, 0.4) is 0 Å². The predicted octanol–water partition coefficient (Wildman–Crippen LogP) is 3.58. The molecule has 0 fully saturated rings. The monoisotopic (exact) mass is 357 g/mol. The Morgan fingerprint density at radius 1 is 1.12 bits per heavy atom. The van der Waals surface area contributed by atoms with Crippen molar-refractivity contribution in [3.63, 3.8) is 0 Å². The van der Waals surface area contributed by atoms with Crippen molar-refractivity contribution in [1.82, 2.24) is 10.3 Å². The van der Waals surface area contributed by atoms with E-state index in [0.717, 1.165) is 17.5 Å². The van der Waals surface area contributed by atoms with E-state index in [4.69, 9.17) is 5.73 Å². The highest BCUT2D eigenvalue weighted by Crippen LogP contribution is 2.20. The van der Waals surface area contributed by atoms with Gasteiger partial charge in [0.15, 0.2) is 0 Å². The van der Waals surface area contributed by atoms with Crippen molar-refractivity contribution >= 4 is 29.2 Å². The van der Waals surface area contributed by atoms with Crippen molar-refractivity contribution in [1.29, 1.82) is 0 Å². The molecule has 0 bridgehead atoms. The summed E-state index contributed by atoms with van der Waals surface area (Å²) in [5, 5.41) is 4.21. The van der Waals surface area contributed by atoms with Gasteiger partial charge >= 0.3 is 0 Å². The zero-order chi connectivity index (χ0) is 16.9. The Balaban J connectivity index is 0.00000225. The molecule has 3 aromatic rings. The summed E-state index contributed by atoms with van der Waals surface area (Å²) in [5.41, 5.74) is 9.53. The Hall–Kier alpha value is -2.30. The van der Waals surface area contributed by atoms with Crippen LogP contribution in [-0.4, -0.2) is 17.4 Å². The lowest BCUT2D eigenvalue weighted by Crippen LogP contribution is -2.36. The van der Waals surface area contributed by atoms with E-state index in [9.17, 15) is 4.79 Å². The third kappa shape index (κ3) is 4.41. The van der Waals surface area contributed by atoms with Gasteiger partial charge in [0.05, 0.1) is 5.92 Å². The largest absolute Gasteiger partial charge is 0.361 e. The lowest BCUT2D eigenvalue weighted by molar-refractivity contribution is -0.125. The second-order valence-corrected chi connectivity index (χ2v) is 6.13. The molecule has 4 N–H and O–H groups in total. The van der Waals surface area contributed by atoms with E-state index in [1.54, 1.807) is 0 Å². The molecule has 2 unspecified atom stereocenters. The van der Waals surface area contributed by atoms with Gasteiger partial charge in [-0.15, -0.1) is 12.4 Å². The highest BCUT2D eigenvalue weighted by Gasteiger charge is 2.21. The summed E-state index contributed by atoms with van der Waals surface area (Å²) >= 11 is 0. The number of fused-ring (bicyclic) bond motifs is 1. The number of hydrogen-bond acceptors (Lipinski definition) is 2. The molecule has 1 aromatic heterocycles. The number of nitrogens with two attached hydrogens (primary N) is 1. The molecule has 0 aliphatic heterocycles. The minimum absolute atomic E-state index is 0. The Bertz CT molecular complexity index is 816. The van der Waals surface area contributed by atoms with Crippen LogP contribution in [0.4, 0.5) is 0 Å². The maximum atomic E-state index is 12.4. The number of carbonyl (C=O) groups excluding carboxylic acids is 1. The van der Waals surface area contributed by atoms with Gasteiger partial charge in [0.1, 0.15) is 0 Å². The molecular weight excluding hydrogens is 334 g/mol. The first-order valence-corrected chi connectivity index (χ1v) is 8.30. The first kappa shape index (κ1) is 19.0. The molecule has 0 saturated carbocycles. The summed E-state index contributed by atoms with van der Waals surface area (Å²) in [6, 6.07) is 17.6. The fourth-order valence-electron chi connectivity index (χ4n) is 2.95. The molecule has 5 heteroatoms. The van der Waals surface area contributed by atoms with E-state index in [1.807, 2.05) is 55.6 Å². The second kappa shape index (κ2) is 8.70. The van der Waals surface area contributed by atoms with Crippen LogP contribution in [0.15, 0.2) is 60.8 Å². The van der Waals surface area contributed by atoms with E-state index in [1.165, 1.54) is 10.9 Å². The van der Waals surface area contributed by atoms with Crippen LogP contribution in [0.25, 0.3) is 10.9 Å². The van der Waals surface area contributed by atoms with Crippen LogP contribution in [-0.2, 0) is 11.2 Å². The number of halogens is 1. The minimum Gasteiger partial charge on any atom is -0.361 e. The average molecular weight is 358 g/mol. The molecule has 4 nitrogen and oxygen atoms in total. The smallest absolute Gasteiger partial charge is 0.224 e. The van der Waals surface area contributed by atoms with Gasteiger partial charge in [-0.2, -0.15) is 0 Å². The SMILES string of the molecule is CC(C(=O)NCCc1c[nH]c2ccccc12)C(N)c1ccccc1.Cl. The van der Waals surface area contributed by atoms with E-state index in [2.05, 4.69) is 22.4 Å². The van der Waals surface area contributed by atoms with Gasteiger partial charge in [-0.25, -0.2) is 0 Å². The first-order valence-electron chi connectivity index (χ1n) is 8.30. The van der Waals surface area contributed by atoms with Gasteiger partial charge in [-0.1, -0.05) is 55.5 Å². The van der Waals surface area contributed by atoms with Crippen molar-refractivity contribution in [3.8, 4) is 0 Å². The number of carbonyl (C=O) groups is 1. The molecule has 0 saturated heterocycles. The summed E-state index contributed by atoms with van der Waals surface area (Å²) in [6.07, 6.45) is 2.80. The Morgan fingerprint density at radius 2 is 1.80 bits per heavy atom. The Labute approximate surface area is 154 Å². The third-order valence-corrected chi connectivity index (χ3v) is 4.51. The number of nitrogens with one attached hydrogen (secondary N) is 2. The Morgan fingerprint density at radius 3 is 2.56 bits per heavy atom. The zero-order valence-corrected chi connectivity index (χ0v) is 15.1. The molecule has 2 atom stereocenters. The lowest BCUT2D eigenvalue weighted by Gasteiger charge is -2.19. The molecular formula is C20H24ClN3O. The average Bonchev–Trinajstić information content (AvgIpc) is 3.04. The van der Waals surface area contributed by atoms with Gasteiger partial charge in [0.25, 0.3) is 0 Å². The van der Waals surface area contributed by atoms with Crippen LogP contribution in [0.1, 0.15) is 24.1 Å². The number of amides is 1. The topological polar surface area (TPSA) is 70.9 Å². The van der Waals surface area contributed by atoms with E-state index in [0.29, 0.717) is 6.54 Å². The number of para-hydroxylation sites is 1. The lowest BCUT2D eigenvalue weighted by atomic mass is 9.94. The molecule has 3 rings (SSSR count). The molecule has 1 amide bonds. The van der Waals surface area contributed by atoms with Gasteiger partial charge in [-0.05, 0) is 23.6 Å². The van der Waals surface area contributed by atoms with Crippen LogP contribution >= 0.6 is 12.4 Å². The summed E-state index contributed by atoms with van der Waals surface area (Å²) in [5.74, 6) is -0.276. The number of hydrogen-bond donors (Lipinski definition) is 3. The second-order valence-electron chi connectivity index (χ2n) is 6.13. The molecule has 132 valence electrons. The zero-order valence-electron chi connectivity index (χ0n) is 14.2. The summed E-state index contributed by atoms with van der Waals surface area (Å²) in [4.78, 5) is 15.6. The van der Waals surface area contributed by atoms with Crippen molar-refractivity contribution in [2.75, 3.05) is 6.54 Å². The van der Waals surface area contributed by atoms with Crippen molar-refractivity contribution in [2.24, 2.45) is 11.7 Å². The predicted molar refractivity (Wildman–Crippen MR) is 105 cm³/mol. The number of H-pyrrole nitrogens is 1. The number of rotatable bonds is 6. The van der Waals surface area contributed by atoms with Crippen molar-refractivity contribution < 1.29 is 4.79 Å². The third-order valence-electron chi connectivity index (χ3n) is 4.51. The molecule has 25 heavy (non-hydrogen) atoms. The van der Waals surface area contributed by atoms with Crippen LogP contribution in [0.5, 0.6) is 0 Å². The van der Waals surface area contributed by atoms with E-state index in [-0.39, 0.29) is 30.3 Å². The standard InChI is InChI=1S/C20H23N3O.ClH/c1-14(19(21)15-7-3-2-4-8-15)20(24)22-12-11-16-13-23-18-10-6-5-9-17(16)18;/h2-10,13-14,19,23H,11-12,21H2,1H3,(H,22,24);1H. The van der Waals surface area contributed by atoms with Crippen LogP contribution in [0.2, 0.25) is 0 Å². The molecule has 0 radical (unpaired) electrons.